The number of hydrogen-bond donors (Lipinski definition) is 0. The van der Waals surface area contributed by atoms with Gasteiger partial charge in [-0.2, -0.15) is 0 Å². The Morgan fingerprint density at radius 1 is 1.70 bits per heavy atom. The van der Waals surface area contributed by atoms with E-state index in [2.05, 4.69) is 21.1 Å². The molecule has 10 heavy (non-hydrogen) atoms. The van der Waals surface area contributed by atoms with Crippen molar-refractivity contribution in [2.24, 2.45) is 0 Å². The first kappa shape index (κ1) is 7.60. The molecule has 0 aliphatic rings. The van der Waals surface area contributed by atoms with Crippen molar-refractivity contribution < 1.29 is 9.26 Å². The molecule has 0 unspecified atom stereocenters. The van der Waals surface area contributed by atoms with Gasteiger partial charge in [0.25, 0.3) is 5.88 Å². The van der Waals surface area contributed by atoms with E-state index < -0.39 is 0 Å². The summed E-state index contributed by atoms with van der Waals surface area (Å²) in [6, 6.07) is 0. The number of alkyl halides is 1. The van der Waals surface area contributed by atoms with Crippen LogP contribution in [0.15, 0.2) is 4.52 Å². The molecule has 0 aromatic carbocycles. The van der Waals surface area contributed by atoms with Crippen molar-refractivity contribution in [2.45, 2.75) is 12.3 Å². The first-order valence-electron chi connectivity index (χ1n) is 2.84. The minimum absolute atomic E-state index is 0.564. The van der Waals surface area contributed by atoms with Crippen molar-refractivity contribution in [3.8, 4) is 5.88 Å². The second-order valence-corrected chi connectivity index (χ2v) is 2.43. The van der Waals surface area contributed by atoms with Gasteiger partial charge in [0, 0.05) is 0 Å². The third-order valence-corrected chi connectivity index (χ3v) is 1.80. The van der Waals surface area contributed by atoms with Gasteiger partial charge in [-0.25, -0.2) is 0 Å². The number of methoxy groups -OCH3 is 1. The lowest BCUT2D eigenvalue weighted by Gasteiger charge is -1.90. The Kier molecular flexibility index (Phi) is 2.32. The zero-order chi connectivity index (χ0) is 7.56. The summed E-state index contributed by atoms with van der Waals surface area (Å²) in [6.07, 6.45) is 0. The second kappa shape index (κ2) is 3.05. The predicted molar refractivity (Wildman–Crippen MR) is 40.4 cm³/mol. The van der Waals surface area contributed by atoms with Crippen LogP contribution in [0, 0.1) is 6.92 Å². The molecule has 4 heteroatoms. The number of halogens is 1. The Balaban J connectivity index is 2.97. The van der Waals surface area contributed by atoms with Gasteiger partial charge in [0.15, 0.2) is 5.76 Å². The zero-order valence-corrected chi connectivity index (χ0v) is 7.43. The highest BCUT2D eigenvalue weighted by Crippen LogP contribution is 2.20. The highest BCUT2D eigenvalue weighted by Gasteiger charge is 2.09. The van der Waals surface area contributed by atoms with E-state index in [9.17, 15) is 0 Å². The van der Waals surface area contributed by atoms with Crippen LogP contribution in [0.5, 0.6) is 5.88 Å². The van der Waals surface area contributed by atoms with Gasteiger partial charge in [0.2, 0.25) is 0 Å². The zero-order valence-electron chi connectivity index (χ0n) is 5.85. The minimum Gasteiger partial charge on any atom is -0.479 e. The highest BCUT2D eigenvalue weighted by atomic mass is 79.9. The van der Waals surface area contributed by atoms with E-state index >= 15 is 0 Å². The molecule has 0 aliphatic heterocycles. The Labute approximate surface area is 67.5 Å². The molecule has 0 spiro atoms. The van der Waals surface area contributed by atoms with Crippen LogP contribution in [0.1, 0.15) is 11.3 Å². The number of ether oxygens (including phenoxy) is 1. The van der Waals surface area contributed by atoms with E-state index in [0.717, 1.165) is 11.3 Å². The van der Waals surface area contributed by atoms with Crippen LogP contribution in [0.2, 0.25) is 0 Å². The van der Waals surface area contributed by atoms with Crippen LogP contribution >= 0.6 is 15.9 Å². The maximum atomic E-state index is 4.91. The molecule has 1 aromatic rings. The van der Waals surface area contributed by atoms with Crippen LogP contribution < -0.4 is 4.74 Å². The first-order chi connectivity index (χ1) is 4.79. The van der Waals surface area contributed by atoms with E-state index in [0.29, 0.717) is 11.2 Å². The summed E-state index contributed by atoms with van der Waals surface area (Å²) >= 11 is 3.26. The van der Waals surface area contributed by atoms with E-state index in [-0.39, 0.29) is 0 Å². The smallest absolute Gasteiger partial charge is 0.257 e. The number of nitrogens with zero attached hydrogens (tertiary/aromatic N) is 1. The van der Waals surface area contributed by atoms with Crippen molar-refractivity contribution in [2.75, 3.05) is 7.11 Å². The van der Waals surface area contributed by atoms with Crippen LogP contribution in [0.3, 0.4) is 0 Å². The third kappa shape index (κ3) is 1.16. The summed E-state index contributed by atoms with van der Waals surface area (Å²) in [6.45, 7) is 1.91. The van der Waals surface area contributed by atoms with Crippen LogP contribution in [0.25, 0.3) is 0 Å². The van der Waals surface area contributed by atoms with Gasteiger partial charge in [-0.1, -0.05) is 15.9 Å². The fourth-order valence-corrected chi connectivity index (χ4v) is 1.19. The molecule has 0 bridgehead atoms. The van der Waals surface area contributed by atoms with E-state index in [4.69, 9.17) is 9.26 Å². The molecule has 0 fully saturated rings. The Hall–Kier alpha value is -0.510. The van der Waals surface area contributed by atoms with Gasteiger partial charge in [-0.3, -0.25) is 0 Å². The van der Waals surface area contributed by atoms with Crippen molar-refractivity contribution in [3.05, 3.63) is 11.3 Å². The monoisotopic (exact) mass is 205 g/mol. The summed E-state index contributed by atoms with van der Waals surface area (Å²) in [5, 5.41) is 4.35. The highest BCUT2D eigenvalue weighted by molar-refractivity contribution is 9.08. The predicted octanol–water partition coefficient (Wildman–Crippen LogP) is 1.89. The second-order valence-electron chi connectivity index (χ2n) is 1.87. The maximum absolute atomic E-state index is 4.91. The maximum Gasteiger partial charge on any atom is 0.257 e. The normalized spacial score (nSPS) is 9.90. The molecule has 1 rings (SSSR count). The van der Waals surface area contributed by atoms with Crippen LogP contribution in [0.4, 0.5) is 0 Å². The Morgan fingerprint density at radius 2 is 2.40 bits per heavy atom. The van der Waals surface area contributed by atoms with Crippen LogP contribution in [-0.2, 0) is 5.33 Å². The molecule has 0 aliphatic carbocycles. The van der Waals surface area contributed by atoms with Gasteiger partial charge in [-0.15, -0.1) is 0 Å². The molecule has 0 radical (unpaired) electrons. The van der Waals surface area contributed by atoms with Crippen molar-refractivity contribution in [3.63, 3.8) is 0 Å². The molecular formula is C6H8BrNO2. The van der Waals surface area contributed by atoms with Gasteiger partial charge < -0.3 is 9.26 Å². The summed E-state index contributed by atoms with van der Waals surface area (Å²) in [7, 11) is 1.57. The number of hydrogen-bond acceptors (Lipinski definition) is 3. The quantitative estimate of drug-likeness (QED) is 0.693. The summed E-state index contributed by atoms with van der Waals surface area (Å²) in [5.74, 6) is 1.38. The Bertz CT molecular complexity index is 200. The summed E-state index contributed by atoms with van der Waals surface area (Å²) in [4.78, 5) is 0. The SMILES string of the molecule is COc1noc(CBr)c1C. The average molecular weight is 206 g/mol. The third-order valence-electron chi connectivity index (χ3n) is 1.29. The molecule has 0 saturated carbocycles. The number of rotatable bonds is 2. The lowest BCUT2D eigenvalue weighted by atomic mass is 10.3. The standard InChI is InChI=1S/C6H8BrNO2/c1-4-5(3-7)10-8-6(4)9-2/h3H2,1-2H3. The lowest BCUT2D eigenvalue weighted by Crippen LogP contribution is -1.84. The molecule has 0 atom stereocenters. The minimum atomic E-state index is 0.564. The number of aromatic nitrogens is 1. The molecule has 0 N–H and O–H groups in total. The van der Waals surface area contributed by atoms with E-state index in [1.807, 2.05) is 6.92 Å². The van der Waals surface area contributed by atoms with Crippen molar-refractivity contribution in [1.29, 1.82) is 0 Å². The fraction of sp³-hybridized carbons (Fsp3) is 0.500. The Morgan fingerprint density at radius 3 is 2.70 bits per heavy atom. The molecule has 1 aromatic heterocycles. The first-order valence-corrected chi connectivity index (χ1v) is 3.96. The van der Waals surface area contributed by atoms with Crippen LogP contribution in [-0.4, -0.2) is 12.3 Å². The van der Waals surface area contributed by atoms with Gasteiger partial charge in [0.1, 0.15) is 0 Å². The summed E-state index contributed by atoms with van der Waals surface area (Å²) < 4.78 is 9.82. The van der Waals surface area contributed by atoms with Crippen molar-refractivity contribution in [1.82, 2.24) is 5.16 Å². The summed E-state index contributed by atoms with van der Waals surface area (Å²) in [5.41, 5.74) is 0.958. The fourth-order valence-electron chi connectivity index (χ4n) is 0.668. The van der Waals surface area contributed by atoms with Gasteiger partial charge in [0.05, 0.1) is 18.0 Å². The lowest BCUT2D eigenvalue weighted by molar-refractivity contribution is 0.330. The largest absolute Gasteiger partial charge is 0.479 e. The molecule has 0 saturated heterocycles. The molecular weight excluding hydrogens is 198 g/mol. The molecule has 1 heterocycles. The van der Waals surface area contributed by atoms with Gasteiger partial charge in [-0.05, 0) is 12.1 Å². The van der Waals surface area contributed by atoms with E-state index in [1.54, 1.807) is 7.11 Å². The topological polar surface area (TPSA) is 35.3 Å². The van der Waals surface area contributed by atoms with E-state index in [1.165, 1.54) is 0 Å². The van der Waals surface area contributed by atoms with Crippen molar-refractivity contribution >= 4 is 15.9 Å². The average Bonchev–Trinajstić information content (AvgIpc) is 2.30. The molecule has 0 amide bonds. The molecule has 3 nitrogen and oxygen atoms in total. The van der Waals surface area contributed by atoms with Gasteiger partial charge >= 0.3 is 0 Å². The molecule has 56 valence electrons.